The van der Waals surface area contributed by atoms with E-state index < -0.39 is 0 Å². The molecule has 2 aromatic rings. The van der Waals surface area contributed by atoms with Crippen LogP contribution < -0.4 is 10.1 Å². The van der Waals surface area contributed by atoms with Gasteiger partial charge in [-0.1, -0.05) is 6.07 Å². The van der Waals surface area contributed by atoms with Gasteiger partial charge in [0.05, 0.1) is 7.11 Å². The maximum atomic E-state index is 11.9. The van der Waals surface area contributed by atoms with Gasteiger partial charge < -0.3 is 10.1 Å². The molecule has 1 aliphatic heterocycles. The molecule has 5 heteroatoms. The van der Waals surface area contributed by atoms with E-state index in [1.165, 1.54) is 0 Å². The first kappa shape index (κ1) is 13.1. The first-order valence-electron chi connectivity index (χ1n) is 6.42. The monoisotopic (exact) mass is 279 g/mol. The molecule has 0 aliphatic carbocycles. The molecule has 1 N–H and O–H groups in total. The molecule has 0 saturated heterocycles. The minimum atomic E-state index is -0.218. The number of pyridine rings is 1. The predicted octanol–water partition coefficient (Wildman–Crippen LogP) is 2.01. The summed E-state index contributed by atoms with van der Waals surface area (Å²) in [6, 6.07) is 11.0. The Bertz CT molecular complexity index is 719. The first-order valence-corrected chi connectivity index (χ1v) is 6.42. The first-order chi connectivity index (χ1) is 10.3. The standard InChI is InChI=1S/C16H13N3O2/c1-21-13-6-4-12(5-7-13)15-18-14(16(20)19-15)9-11-3-2-8-17-10-11/h2-10H,1H3,(H,18,19,20)/b14-9+. The van der Waals surface area contributed by atoms with E-state index in [1.54, 1.807) is 25.6 Å². The molecule has 3 rings (SSSR count). The fraction of sp³-hybridized carbons (Fsp3) is 0.0625. The van der Waals surface area contributed by atoms with E-state index in [0.29, 0.717) is 11.5 Å². The zero-order valence-electron chi connectivity index (χ0n) is 11.4. The van der Waals surface area contributed by atoms with E-state index in [-0.39, 0.29) is 5.91 Å². The van der Waals surface area contributed by atoms with Gasteiger partial charge in [-0.15, -0.1) is 0 Å². The van der Waals surface area contributed by atoms with Gasteiger partial charge in [-0.25, -0.2) is 4.99 Å². The van der Waals surface area contributed by atoms with Crippen LogP contribution in [-0.4, -0.2) is 23.8 Å². The number of amidine groups is 1. The van der Waals surface area contributed by atoms with Crippen LogP contribution >= 0.6 is 0 Å². The number of hydrogen-bond acceptors (Lipinski definition) is 4. The Morgan fingerprint density at radius 2 is 2.00 bits per heavy atom. The maximum absolute atomic E-state index is 11.9. The van der Waals surface area contributed by atoms with Crippen molar-refractivity contribution in [2.45, 2.75) is 0 Å². The number of amides is 1. The maximum Gasteiger partial charge on any atom is 0.275 e. The number of nitrogens with zero attached hydrogens (tertiary/aromatic N) is 2. The lowest BCUT2D eigenvalue weighted by Crippen LogP contribution is -2.24. The second-order valence-corrected chi connectivity index (χ2v) is 4.46. The minimum Gasteiger partial charge on any atom is -0.497 e. The van der Waals surface area contributed by atoms with Gasteiger partial charge >= 0.3 is 0 Å². The lowest BCUT2D eigenvalue weighted by molar-refractivity contribution is -0.115. The lowest BCUT2D eigenvalue weighted by atomic mass is 10.2. The molecule has 0 atom stereocenters. The predicted molar refractivity (Wildman–Crippen MR) is 79.9 cm³/mol. The van der Waals surface area contributed by atoms with Gasteiger partial charge in [-0.3, -0.25) is 9.78 Å². The third-order valence-corrected chi connectivity index (χ3v) is 3.05. The third kappa shape index (κ3) is 2.81. The molecule has 5 nitrogen and oxygen atoms in total. The van der Waals surface area contributed by atoms with E-state index in [2.05, 4.69) is 15.3 Å². The summed E-state index contributed by atoms with van der Waals surface area (Å²) in [5, 5.41) is 2.76. The SMILES string of the molecule is COc1ccc(C2=N/C(=C/c3cccnc3)C(=O)N2)cc1. The van der Waals surface area contributed by atoms with Crippen LogP contribution in [0.5, 0.6) is 5.75 Å². The van der Waals surface area contributed by atoms with Crippen LogP contribution in [0.1, 0.15) is 11.1 Å². The Hall–Kier alpha value is -2.95. The zero-order chi connectivity index (χ0) is 14.7. The molecule has 1 aromatic carbocycles. The summed E-state index contributed by atoms with van der Waals surface area (Å²) in [5.41, 5.74) is 2.04. The van der Waals surface area contributed by atoms with Crippen molar-refractivity contribution in [1.29, 1.82) is 0 Å². The quantitative estimate of drug-likeness (QED) is 0.874. The highest BCUT2D eigenvalue weighted by molar-refractivity contribution is 6.19. The van der Waals surface area contributed by atoms with Crippen molar-refractivity contribution in [2.75, 3.05) is 7.11 Å². The second kappa shape index (κ2) is 5.58. The normalized spacial score (nSPS) is 15.8. The number of aromatic nitrogens is 1. The Kier molecular flexibility index (Phi) is 3.47. The fourth-order valence-corrected chi connectivity index (χ4v) is 1.97. The molecule has 0 saturated carbocycles. The minimum absolute atomic E-state index is 0.218. The van der Waals surface area contributed by atoms with Crippen LogP contribution in [0.4, 0.5) is 0 Å². The van der Waals surface area contributed by atoms with Crippen LogP contribution in [0.15, 0.2) is 59.5 Å². The van der Waals surface area contributed by atoms with Crippen molar-refractivity contribution >= 4 is 17.8 Å². The molecule has 1 aromatic heterocycles. The molecular weight excluding hydrogens is 266 g/mol. The average Bonchev–Trinajstić information content (AvgIpc) is 2.89. The number of hydrogen-bond donors (Lipinski definition) is 1. The summed E-state index contributed by atoms with van der Waals surface area (Å²) in [6.07, 6.45) is 5.07. The molecule has 1 amide bonds. The van der Waals surface area contributed by atoms with Crippen molar-refractivity contribution in [1.82, 2.24) is 10.3 Å². The molecule has 0 radical (unpaired) electrons. The van der Waals surface area contributed by atoms with Crippen LogP contribution in [0.3, 0.4) is 0 Å². The van der Waals surface area contributed by atoms with Gasteiger partial charge in [-0.2, -0.15) is 0 Å². The number of benzene rings is 1. The van der Waals surface area contributed by atoms with E-state index >= 15 is 0 Å². The zero-order valence-corrected chi connectivity index (χ0v) is 11.4. The van der Waals surface area contributed by atoms with Crippen molar-refractivity contribution in [3.8, 4) is 5.75 Å². The largest absolute Gasteiger partial charge is 0.497 e. The van der Waals surface area contributed by atoms with E-state index in [4.69, 9.17) is 4.74 Å². The summed E-state index contributed by atoms with van der Waals surface area (Å²) in [6.45, 7) is 0. The highest BCUT2D eigenvalue weighted by Gasteiger charge is 2.20. The Morgan fingerprint density at radius 3 is 2.67 bits per heavy atom. The van der Waals surface area contributed by atoms with Gasteiger partial charge in [0.2, 0.25) is 0 Å². The number of nitrogens with one attached hydrogen (secondary N) is 1. The van der Waals surface area contributed by atoms with Gasteiger partial charge in [0.1, 0.15) is 17.3 Å². The fourth-order valence-electron chi connectivity index (χ4n) is 1.97. The smallest absolute Gasteiger partial charge is 0.275 e. The molecule has 0 fully saturated rings. The van der Waals surface area contributed by atoms with Gasteiger partial charge in [0, 0.05) is 18.0 Å². The molecular formula is C16H13N3O2. The van der Waals surface area contributed by atoms with E-state index in [1.807, 2.05) is 36.4 Å². The van der Waals surface area contributed by atoms with Crippen molar-refractivity contribution in [3.63, 3.8) is 0 Å². The Labute approximate surface area is 122 Å². The van der Waals surface area contributed by atoms with Gasteiger partial charge in [0.15, 0.2) is 0 Å². The molecule has 21 heavy (non-hydrogen) atoms. The van der Waals surface area contributed by atoms with Crippen molar-refractivity contribution in [3.05, 3.63) is 65.6 Å². The highest BCUT2D eigenvalue weighted by Crippen LogP contribution is 2.17. The summed E-state index contributed by atoms with van der Waals surface area (Å²) in [7, 11) is 1.61. The third-order valence-electron chi connectivity index (χ3n) is 3.05. The van der Waals surface area contributed by atoms with Crippen molar-refractivity contribution < 1.29 is 9.53 Å². The number of methoxy groups -OCH3 is 1. The average molecular weight is 279 g/mol. The topological polar surface area (TPSA) is 63.6 Å². The molecule has 1 aliphatic rings. The summed E-state index contributed by atoms with van der Waals surface area (Å²) in [4.78, 5) is 20.3. The molecule has 0 unspecified atom stereocenters. The van der Waals surface area contributed by atoms with Gasteiger partial charge in [-0.05, 0) is 42.0 Å². The summed E-state index contributed by atoms with van der Waals surface area (Å²) < 4.78 is 5.11. The molecule has 0 spiro atoms. The second-order valence-electron chi connectivity index (χ2n) is 4.46. The summed E-state index contributed by atoms with van der Waals surface area (Å²) >= 11 is 0. The lowest BCUT2D eigenvalue weighted by Gasteiger charge is -2.02. The highest BCUT2D eigenvalue weighted by atomic mass is 16.5. The van der Waals surface area contributed by atoms with Crippen LogP contribution in [0.25, 0.3) is 6.08 Å². The van der Waals surface area contributed by atoms with Crippen LogP contribution in [-0.2, 0) is 4.79 Å². The summed E-state index contributed by atoms with van der Waals surface area (Å²) in [5.74, 6) is 1.08. The van der Waals surface area contributed by atoms with Crippen molar-refractivity contribution in [2.24, 2.45) is 4.99 Å². The molecule has 2 heterocycles. The molecule has 104 valence electrons. The number of aliphatic imine (C=N–C) groups is 1. The van der Waals surface area contributed by atoms with E-state index in [9.17, 15) is 4.79 Å². The molecule has 0 bridgehead atoms. The van der Waals surface area contributed by atoms with E-state index in [0.717, 1.165) is 16.9 Å². The number of carbonyl (C=O) groups excluding carboxylic acids is 1. The number of carbonyl (C=O) groups is 1. The Morgan fingerprint density at radius 1 is 1.19 bits per heavy atom. The van der Waals surface area contributed by atoms with Crippen LogP contribution in [0.2, 0.25) is 0 Å². The number of rotatable bonds is 3. The van der Waals surface area contributed by atoms with Gasteiger partial charge in [0.25, 0.3) is 5.91 Å². The number of ether oxygens (including phenoxy) is 1. The van der Waals surface area contributed by atoms with Crippen LogP contribution in [0, 0.1) is 0 Å². The Balaban J connectivity index is 1.89.